The zero-order chi connectivity index (χ0) is 22.0. The summed E-state index contributed by atoms with van der Waals surface area (Å²) in [5.74, 6) is 0.268. The Morgan fingerprint density at radius 1 is 1.03 bits per heavy atom. The predicted molar refractivity (Wildman–Crippen MR) is 114 cm³/mol. The van der Waals surface area contributed by atoms with E-state index in [0.29, 0.717) is 32.3 Å². The van der Waals surface area contributed by atoms with Crippen molar-refractivity contribution in [2.75, 3.05) is 66.7 Å². The number of rotatable bonds is 6. The van der Waals surface area contributed by atoms with Gasteiger partial charge >= 0.3 is 0 Å². The Hall–Kier alpha value is -1.88. The molecule has 1 unspecified atom stereocenters. The van der Waals surface area contributed by atoms with Crippen LogP contribution in [0.5, 0.6) is 11.5 Å². The highest BCUT2D eigenvalue weighted by Gasteiger charge is 2.35. The van der Waals surface area contributed by atoms with E-state index in [1.807, 2.05) is 0 Å². The summed E-state index contributed by atoms with van der Waals surface area (Å²) in [5.41, 5.74) is 0.218. The summed E-state index contributed by atoms with van der Waals surface area (Å²) in [7, 11) is -0.883. The fraction of sp³-hybridized carbons (Fsp3) is 0.667. The van der Waals surface area contributed by atoms with Gasteiger partial charge in [0.2, 0.25) is 10.0 Å². The molecule has 3 heterocycles. The minimum absolute atomic E-state index is 0.0330. The van der Waals surface area contributed by atoms with E-state index < -0.39 is 10.0 Å². The number of ether oxygens (including phenoxy) is 3. The number of morpholine rings is 1. The number of hydrogen-bond acceptors (Lipinski definition) is 7. The first-order chi connectivity index (χ1) is 15.0. The minimum atomic E-state index is -3.78. The van der Waals surface area contributed by atoms with Crippen LogP contribution in [0.25, 0.3) is 0 Å². The van der Waals surface area contributed by atoms with Crippen LogP contribution >= 0.6 is 0 Å². The molecule has 0 N–H and O–H groups in total. The number of sulfonamides is 1. The van der Waals surface area contributed by atoms with Crippen LogP contribution in [-0.4, -0.2) is 101 Å². The maximum Gasteiger partial charge on any atom is 0.257 e. The number of hydrogen-bond donors (Lipinski definition) is 0. The van der Waals surface area contributed by atoms with E-state index in [-0.39, 0.29) is 41.0 Å². The zero-order valence-electron chi connectivity index (χ0n) is 18.2. The molecule has 1 amide bonds. The van der Waals surface area contributed by atoms with Gasteiger partial charge in [-0.25, -0.2) is 8.42 Å². The molecular formula is C21H31N3O6S. The molecular weight excluding hydrogens is 422 g/mol. The highest BCUT2D eigenvalue weighted by Crippen LogP contribution is 2.36. The van der Waals surface area contributed by atoms with Crippen molar-refractivity contribution in [2.45, 2.75) is 30.2 Å². The number of amides is 1. The average Bonchev–Trinajstić information content (AvgIpc) is 3.50. The largest absolute Gasteiger partial charge is 0.493 e. The maximum absolute atomic E-state index is 13.5. The fourth-order valence-corrected chi connectivity index (χ4v) is 6.14. The molecule has 0 radical (unpaired) electrons. The lowest BCUT2D eigenvalue weighted by Crippen LogP contribution is -2.40. The van der Waals surface area contributed by atoms with Gasteiger partial charge in [-0.2, -0.15) is 4.31 Å². The Morgan fingerprint density at radius 2 is 1.74 bits per heavy atom. The van der Waals surface area contributed by atoms with Gasteiger partial charge in [-0.05, 0) is 38.4 Å². The molecule has 3 fully saturated rings. The first-order valence-electron chi connectivity index (χ1n) is 10.8. The van der Waals surface area contributed by atoms with E-state index in [1.165, 1.54) is 43.5 Å². The molecule has 10 heteroatoms. The monoisotopic (exact) mass is 453 g/mol. The van der Waals surface area contributed by atoms with Crippen LogP contribution in [0.4, 0.5) is 0 Å². The Morgan fingerprint density at radius 3 is 2.39 bits per heavy atom. The standard InChI is InChI=1S/C21H31N3O6S/c1-28-19-14-17(31(26,27)24-9-11-30-12-10-24)13-18(20(19)29-2)21(25)23-8-5-16(15-23)22-6-3-4-7-22/h13-14,16H,3-12,15H2,1-2H3. The molecule has 1 aromatic rings. The number of benzene rings is 1. The summed E-state index contributed by atoms with van der Waals surface area (Å²) >= 11 is 0. The van der Waals surface area contributed by atoms with E-state index in [2.05, 4.69) is 4.90 Å². The number of methoxy groups -OCH3 is 2. The lowest BCUT2D eigenvalue weighted by molar-refractivity contribution is 0.0729. The van der Waals surface area contributed by atoms with E-state index in [1.54, 1.807) is 4.90 Å². The number of likely N-dealkylation sites (tertiary alicyclic amines) is 2. The highest BCUT2D eigenvalue weighted by atomic mass is 32.2. The van der Waals surface area contributed by atoms with Gasteiger partial charge in [0.1, 0.15) is 0 Å². The van der Waals surface area contributed by atoms with Crippen molar-refractivity contribution in [3.63, 3.8) is 0 Å². The van der Waals surface area contributed by atoms with Crippen molar-refractivity contribution in [1.29, 1.82) is 0 Å². The molecule has 1 aromatic carbocycles. The Balaban J connectivity index is 1.64. The fourth-order valence-electron chi connectivity index (χ4n) is 4.68. The highest BCUT2D eigenvalue weighted by molar-refractivity contribution is 7.89. The number of carbonyl (C=O) groups is 1. The molecule has 1 atom stereocenters. The third-order valence-corrected chi connectivity index (χ3v) is 8.27. The summed E-state index contributed by atoms with van der Waals surface area (Å²) in [6.07, 6.45) is 3.34. The minimum Gasteiger partial charge on any atom is -0.493 e. The van der Waals surface area contributed by atoms with Crippen molar-refractivity contribution in [1.82, 2.24) is 14.1 Å². The van der Waals surface area contributed by atoms with E-state index in [0.717, 1.165) is 19.5 Å². The molecule has 0 saturated carbocycles. The van der Waals surface area contributed by atoms with Gasteiger partial charge in [-0.3, -0.25) is 9.69 Å². The van der Waals surface area contributed by atoms with E-state index in [9.17, 15) is 13.2 Å². The number of nitrogens with zero attached hydrogens (tertiary/aromatic N) is 3. The smallest absolute Gasteiger partial charge is 0.257 e. The Kier molecular flexibility index (Phi) is 6.71. The second-order valence-corrected chi connectivity index (χ2v) is 10.1. The maximum atomic E-state index is 13.5. The molecule has 3 saturated heterocycles. The molecule has 3 aliphatic heterocycles. The van der Waals surface area contributed by atoms with Crippen LogP contribution in [0.1, 0.15) is 29.6 Å². The van der Waals surface area contributed by atoms with Gasteiger partial charge in [0, 0.05) is 38.3 Å². The van der Waals surface area contributed by atoms with Gasteiger partial charge in [0.25, 0.3) is 5.91 Å². The van der Waals surface area contributed by atoms with Crippen molar-refractivity contribution in [3.8, 4) is 11.5 Å². The van der Waals surface area contributed by atoms with Crippen LogP contribution in [0.3, 0.4) is 0 Å². The van der Waals surface area contributed by atoms with Gasteiger partial charge in [0.05, 0.1) is 37.9 Å². The lowest BCUT2D eigenvalue weighted by Gasteiger charge is -2.27. The first kappa shape index (κ1) is 22.3. The van der Waals surface area contributed by atoms with Crippen molar-refractivity contribution in [2.24, 2.45) is 0 Å². The Bertz CT molecular complexity index is 910. The average molecular weight is 454 g/mol. The molecule has 0 aliphatic carbocycles. The molecule has 0 aromatic heterocycles. The van der Waals surface area contributed by atoms with Crippen LogP contribution in [-0.2, 0) is 14.8 Å². The van der Waals surface area contributed by atoms with Crippen molar-refractivity contribution < 1.29 is 27.4 Å². The molecule has 4 rings (SSSR count). The first-order valence-corrected chi connectivity index (χ1v) is 12.3. The summed E-state index contributed by atoms with van der Waals surface area (Å²) in [4.78, 5) is 17.7. The molecule has 0 bridgehead atoms. The van der Waals surface area contributed by atoms with Crippen LogP contribution < -0.4 is 9.47 Å². The van der Waals surface area contributed by atoms with Gasteiger partial charge in [-0.15, -0.1) is 0 Å². The summed E-state index contributed by atoms with van der Waals surface area (Å²) < 4.78 is 44.0. The van der Waals surface area contributed by atoms with Gasteiger partial charge in [-0.1, -0.05) is 0 Å². The second-order valence-electron chi connectivity index (χ2n) is 8.16. The Labute approximate surface area is 183 Å². The van der Waals surface area contributed by atoms with Gasteiger partial charge in [0.15, 0.2) is 11.5 Å². The third kappa shape index (κ3) is 4.39. The molecule has 0 spiro atoms. The summed E-state index contributed by atoms with van der Waals surface area (Å²) in [6.45, 7) is 4.71. The number of carbonyl (C=O) groups excluding carboxylic acids is 1. The molecule has 9 nitrogen and oxygen atoms in total. The van der Waals surface area contributed by atoms with Crippen LogP contribution in [0.15, 0.2) is 17.0 Å². The second kappa shape index (κ2) is 9.32. The van der Waals surface area contributed by atoms with Gasteiger partial charge < -0.3 is 19.1 Å². The van der Waals surface area contributed by atoms with E-state index >= 15 is 0 Å². The quantitative estimate of drug-likeness (QED) is 0.636. The SMILES string of the molecule is COc1cc(S(=O)(=O)N2CCOCC2)cc(C(=O)N2CCC(N3CCCC3)C2)c1OC. The molecule has 3 aliphatic rings. The topological polar surface area (TPSA) is 88.6 Å². The summed E-state index contributed by atoms with van der Waals surface area (Å²) in [6, 6.07) is 3.22. The summed E-state index contributed by atoms with van der Waals surface area (Å²) in [5, 5.41) is 0. The lowest BCUT2D eigenvalue weighted by atomic mass is 10.1. The normalized spacial score (nSPS) is 23.3. The van der Waals surface area contributed by atoms with Crippen molar-refractivity contribution in [3.05, 3.63) is 17.7 Å². The van der Waals surface area contributed by atoms with E-state index in [4.69, 9.17) is 14.2 Å². The predicted octanol–water partition coefficient (Wildman–Crippen LogP) is 1.04. The third-order valence-electron chi connectivity index (χ3n) is 6.40. The van der Waals surface area contributed by atoms with Crippen LogP contribution in [0.2, 0.25) is 0 Å². The zero-order valence-corrected chi connectivity index (χ0v) is 19.0. The molecule has 172 valence electrons. The molecule has 31 heavy (non-hydrogen) atoms. The van der Waals surface area contributed by atoms with Crippen molar-refractivity contribution >= 4 is 15.9 Å². The van der Waals surface area contributed by atoms with Crippen LogP contribution in [0, 0.1) is 0 Å².